The molecule has 1 unspecified atom stereocenters. The standard InChI is InChI=1S/C27H31NOS/c1-5-7-17-28-18-16-21-26(20(4)30-25-15-9-8-12-19(25)3)23(11-6-2)29-24-14-10-13-22(28)27(21)24/h8-10,12-16,18,23H,4-7,11,17H2,1-3H3. The molecule has 0 aromatic heterocycles. The highest BCUT2D eigenvalue weighted by atomic mass is 32.2. The van der Waals surface area contributed by atoms with Crippen LogP contribution in [0.2, 0.25) is 0 Å². The summed E-state index contributed by atoms with van der Waals surface area (Å²) >= 11 is 1.76. The molecule has 2 heterocycles. The first-order chi connectivity index (χ1) is 14.6. The Balaban J connectivity index is 1.79. The second-order valence-electron chi connectivity index (χ2n) is 8.03. The largest absolute Gasteiger partial charge is 0.485 e. The number of rotatable bonds is 8. The van der Waals surface area contributed by atoms with Crippen LogP contribution in [0.25, 0.3) is 5.57 Å². The molecule has 2 aliphatic heterocycles. The minimum absolute atomic E-state index is 0.0450. The van der Waals surface area contributed by atoms with Gasteiger partial charge >= 0.3 is 0 Å². The first-order valence-corrected chi connectivity index (χ1v) is 11.9. The van der Waals surface area contributed by atoms with Crippen LogP contribution < -0.4 is 9.64 Å². The summed E-state index contributed by atoms with van der Waals surface area (Å²) in [4.78, 5) is 4.71. The molecule has 0 bridgehead atoms. The van der Waals surface area contributed by atoms with Gasteiger partial charge in [-0.15, -0.1) is 0 Å². The van der Waals surface area contributed by atoms with Crippen LogP contribution >= 0.6 is 11.8 Å². The highest BCUT2D eigenvalue weighted by Crippen LogP contribution is 2.49. The zero-order valence-electron chi connectivity index (χ0n) is 18.3. The summed E-state index contributed by atoms with van der Waals surface area (Å²) < 4.78 is 6.58. The molecule has 4 rings (SSSR count). The molecular weight excluding hydrogens is 386 g/mol. The normalized spacial score (nSPS) is 17.0. The van der Waals surface area contributed by atoms with Crippen molar-refractivity contribution in [2.24, 2.45) is 0 Å². The van der Waals surface area contributed by atoms with E-state index in [-0.39, 0.29) is 6.10 Å². The van der Waals surface area contributed by atoms with Crippen molar-refractivity contribution in [3.05, 3.63) is 82.9 Å². The zero-order valence-corrected chi connectivity index (χ0v) is 19.1. The van der Waals surface area contributed by atoms with Gasteiger partial charge in [0, 0.05) is 33.7 Å². The minimum atomic E-state index is 0.0450. The van der Waals surface area contributed by atoms with E-state index in [4.69, 9.17) is 4.74 Å². The third-order valence-electron chi connectivity index (χ3n) is 5.82. The van der Waals surface area contributed by atoms with Gasteiger partial charge < -0.3 is 9.64 Å². The number of ether oxygens (including phenoxy) is 1. The van der Waals surface area contributed by atoms with Gasteiger partial charge in [-0.25, -0.2) is 0 Å². The lowest BCUT2D eigenvalue weighted by Gasteiger charge is -2.36. The molecule has 156 valence electrons. The summed E-state index contributed by atoms with van der Waals surface area (Å²) in [5.41, 5.74) is 6.29. The van der Waals surface area contributed by atoms with E-state index in [2.05, 4.69) is 87.0 Å². The Morgan fingerprint density at radius 1 is 1.10 bits per heavy atom. The zero-order chi connectivity index (χ0) is 21.1. The molecule has 0 amide bonds. The molecule has 0 radical (unpaired) electrons. The lowest BCUT2D eigenvalue weighted by molar-refractivity contribution is 0.224. The van der Waals surface area contributed by atoms with Crippen molar-refractivity contribution >= 4 is 23.0 Å². The maximum atomic E-state index is 6.58. The van der Waals surface area contributed by atoms with E-state index in [1.54, 1.807) is 11.8 Å². The Morgan fingerprint density at radius 3 is 2.70 bits per heavy atom. The second kappa shape index (κ2) is 9.18. The van der Waals surface area contributed by atoms with Crippen LogP contribution in [0.4, 0.5) is 5.69 Å². The van der Waals surface area contributed by atoms with Gasteiger partial charge in [0.2, 0.25) is 0 Å². The van der Waals surface area contributed by atoms with Gasteiger partial charge in [-0.05, 0) is 55.2 Å². The number of hydrogen-bond acceptors (Lipinski definition) is 3. The van der Waals surface area contributed by atoms with Crippen LogP contribution in [-0.2, 0) is 0 Å². The second-order valence-corrected chi connectivity index (χ2v) is 9.16. The summed E-state index contributed by atoms with van der Waals surface area (Å²) in [6.45, 7) is 12.2. The number of aryl methyl sites for hydroxylation is 1. The van der Waals surface area contributed by atoms with Crippen LogP contribution in [0, 0.1) is 6.92 Å². The predicted octanol–water partition coefficient (Wildman–Crippen LogP) is 7.75. The summed E-state index contributed by atoms with van der Waals surface area (Å²) in [5, 5.41) is 0. The number of nitrogens with zero attached hydrogens (tertiary/aromatic N) is 1. The summed E-state index contributed by atoms with van der Waals surface area (Å²) in [6, 6.07) is 15.0. The van der Waals surface area contributed by atoms with Crippen molar-refractivity contribution in [2.45, 2.75) is 57.5 Å². The van der Waals surface area contributed by atoms with Gasteiger partial charge in [0.1, 0.15) is 11.9 Å². The number of benzene rings is 2. The Hall–Kier alpha value is -2.39. The Bertz CT molecular complexity index is 1000. The third-order valence-corrected chi connectivity index (χ3v) is 6.96. The molecule has 2 aromatic rings. The molecule has 1 atom stereocenters. The summed E-state index contributed by atoms with van der Waals surface area (Å²) in [5.74, 6) is 1.00. The van der Waals surface area contributed by atoms with E-state index in [0.717, 1.165) is 30.0 Å². The van der Waals surface area contributed by atoms with Crippen molar-refractivity contribution in [1.82, 2.24) is 0 Å². The Morgan fingerprint density at radius 2 is 1.93 bits per heavy atom. The lowest BCUT2D eigenvalue weighted by atomic mass is 9.88. The van der Waals surface area contributed by atoms with Crippen molar-refractivity contribution < 1.29 is 4.74 Å². The van der Waals surface area contributed by atoms with Gasteiger partial charge in [-0.3, -0.25) is 0 Å². The topological polar surface area (TPSA) is 12.5 Å². The van der Waals surface area contributed by atoms with E-state index >= 15 is 0 Å². The fraction of sp³-hybridized carbons (Fsp3) is 0.333. The summed E-state index contributed by atoms with van der Waals surface area (Å²) in [6.07, 6.45) is 9.00. The number of thioether (sulfide) groups is 1. The smallest absolute Gasteiger partial charge is 0.130 e. The monoisotopic (exact) mass is 417 g/mol. The van der Waals surface area contributed by atoms with Crippen LogP contribution in [0.5, 0.6) is 5.75 Å². The molecule has 0 saturated heterocycles. The molecule has 2 nitrogen and oxygen atoms in total. The molecule has 0 N–H and O–H groups in total. The highest BCUT2D eigenvalue weighted by Gasteiger charge is 2.33. The molecule has 30 heavy (non-hydrogen) atoms. The van der Waals surface area contributed by atoms with E-state index < -0.39 is 0 Å². The van der Waals surface area contributed by atoms with Gasteiger partial charge in [-0.1, -0.05) is 69.3 Å². The molecule has 3 heteroatoms. The number of unbranched alkanes of at least 4 members (excludes halogenated alkanes) is 1. The Kier molecular flexibility index (Phi) is 6.38. The molecular formula is C27H31NOS. The minimum Gasteiger partial charge on any atom is -0.485 e. The van der Waals surface area contributed by atoms with Gasteiger partial charge in [-0.2, -0.15) is 0 Å². The maximum absolute atomic E-state index is 6.58. The fourth-order valence-corrected chi connectivity index (χ4v) is 5.24. The van der Waals surface area contributed by atoms with Crippen LogP contribution in [0.15, 0.2) is 76.7 Å². The van der Waals surface area contributed by atoms with E-state index in [1.807, 2.05) is 0 Å². The number of anilines is 1. The van der Waals surface area contributed by atoms with Crippen molar-refractivity contribution in [3.63, 3.8) is 0 Å². The maximum Gasteiger partial charge on any atom is 0.130 e. The van der Waals surface area contributed by atoms with E-state index in [9.17, 15) is 0 Å². The average Bonchev–Trinajstić information content (AvgIpc) is 2.75. The van der Waals surface area contributed by atoms with E-state index in [0.29, 0.717) is 0 Å². The van der Waals surface area contributed by atoms with Crippen LogP contribution in [-0.4, -0.2) is 12.6 Å². The molecule has 0 saturated carbocycles. The quantitative estimate of drug-likeness (QED) is 0.407. The third kappa shape index (κ3) is 3.96. The highest BCUT2D eigenvalue weighted by molar-refractivity contribution is 8.03. The number of allylic oxidation sites excluding steroid dienone is 2. The Labute approximate surface area is 185 Å². The molecule has 0 aliphatic carbocycles. The SMILES string of the molecule is C=C(Sc1ccccc1C)C1=C2C=CN(CCCC)c3cccc(c32)OC1CCC. The van der Waals surface area contributed by atoms with Crippen molar-refractivity contribution in [2.75, 3.05) is 11.4 Å². The van der Waals surface area contributed by atoms with Crippen molar-refractivity contribution in [3.8, 4) is 5.75 Å². The van der Waals surface area contributed by atoms with E-state index in [1.165, 1.54) is 45.7 Å². The molecule has 2 aliphatic rings. The van der Waals surface area contributed by atoms with Gasteiger partial charge in [0.15, 0.2) is 0 Å². The lowest BCUT2D eigenvalue weighted by Crippen LogP contribution is -2.29. The first-order valence-electron chi connectivity index (χ1n) is 11.1. The fourth-order valence-electron chi connectivity index (χ4n) is 4.24. The average molecular weight is 418 g/mol. The number of hydrogen-bond donors (Lipinski definition) is 0. The molecule has 2 aromatic carbocycles. The van der Waals surface area contributed by atoms with Gasteiger partial charge in [0.05, 0.1) is 5.69 Å². The summed E-state index contributed by atoms with van der Waals surface area (Å²) in [7, 11) is 0. The van der Waals surface area contributed by atoms with Gasteiger partial charge in [0.25, 0.3) is 0 Å². The van der Waals surface area contributed by atoms with Crippen LogP contribution in [0.3, 0.4) is 0 Å². The predicted molar refractivity (Wildman–Crippen MR) is 130 cm³/mol. The molecule has 0 spiro atoms. The van der Waals surface area contributed by atoms with Crippen molar-refractivity contribution in [1.29, 1.82) is 0 Å². The first kappa shape index (κ1) is 20.9. The van der Waals surface area contributed by atoms with Crippen LogP contribution in [0.1, 0.15) is 50.7 Å². The molecule has 0 fully saturated rings.